The summed E-state index contributed by atoms with van der Waals surface area (Å²) in [7, 11) is 1.81. The standard InChI is InChI=1S/C17H16N2O.H3NS.H3N/c1-12-8-9-15-14(10-12)17(13-6-4-3-5-7-13)18-11-16(20)19(15)2;1-2;/h3-10H,11H2,1-2H3;2H,1H2;1H3. The molecule has 0 atom stereocenters. The Bertz CT molecular complexity index is 701. The molecule has 0 bridgehead atoms. The normalized spacial score (nSPS) is 13.0. The number of carbonyl (C=O) groups is 1. The number of likely N-dealkylation sites (N-methyl/N-ethyl adjacent to an activating group) is 1. The van der Waals surface area contributed by atoms with Crippen LogP contribution in [0.25, 0.3) is 0 Å². The van der Waals surface area contributed by atoms with Crippen molar-refractivity contribution in [2.75, 3.05) is 18.5 Å². The molecule has 0 saturated heterocycles. The Morgan fingerprint density at radius 3 is 2.43 bits per heavy atom. The van der Waals surface area contributed by atoms with Gasteiger partial charge in [-0.25, -0.2) is 0 Å². The predicted molar refractivity (Wildman–Crippen MR) is 99.7 cm³/mol. The van der Waals surface area contributed by atoms with Crippen LogP contribution in [0.3, 0.4) is 0 Å². The number of benzodiazepines with no additional fused rings is 1. The number of rotatable bonds is 1. The number of nitrogens with zero attached hydrogens (tertiary/aromatic N) is 2. The van der Waals surface area contributed by atoms with Gasteiger partial charge >= 0.3 is 0 Å². The number of fused-ring (bicyclic) bond motifs is 1. The number of nitrogens with two attached hydrogens (primary N) is 1. The van der Waals surface area contributed by atoms with Crippen molar-refractivity contribution in [2.45, 2.75) is 6.92 Å². The molecule has 122 valence electrons. The zero-order chi connectivity index (χ0) is 16.1. The first kappa shape index (κ1) is 18.9. The van der Waals surface area contributed by atoms with E-state index in [4.69, 9.17) is 0 Å². The molecular formula is C17H22N4OS. The van der Waals surface area contributed by atoms with Gasteiger partial charge in [0, 0.05) is 18.2 Å². The minimum absolute atomic E-state index is 0. The Morgan fingerprint density at radius 2 is 1.78 bits per heavy atom. The largest absolute Gasteiger partial charge is 0.344 e. The molecule has 1 aliphatic heterocycles. The summed E-state index contributed by atoms with van der Waals surface area (Å²) in [6, 6.07) is 16.1. The fourth-order valence-electron chi connectivity index (χ4n) is 2.45. The van der Waals surface area contributed by atoms with Gasteiger partial charge in [-0.15, -0.1) is 12.8 Å². The smallest absolute Gasteiger partial charge is 0.248 e. The van der Waals surface area contributed by atoms with Crippen LogP contribution in [0.1, 0.15) is 16.7 Å². The summed E-state index contributed by atoms with van der Waals surface area (Å²) in [4.78, 5) is 18.3. The van der Waals surface area contributed by atoms with Crippen LogP contribution in [0.5, 0.6) is 0 Å². The number of carbonyl (C=O) groups excluding carboxylic acids is 1. The molecule has 0 unspecified atom stereocenters. The van der Waals surface area contributed by atoms with E-state index in [0.29, 0.717) is 0 Å². The maximum absolute atomic E-state index is 12.1. The van der Waals surface area contributed by atoms with Crippen LogP contribution in [0, 0.1) is 6.92 Å². The van der Waals surface area contributed by atoms with Crippen molar-refractivity contribution < 1.29 is 4.79 Å². The van der Waals surface area contributed by atoms with Crippen molar-refractivity contribution in [3.05, 3.63) is 65.2 Å². The highest BCUT2D eigenvalue weighted by Crippen LogP contribution is 2.26. The van der Waals surface area contributed by atoms with Crippen LogP contribution in [0.4, 0.5) is 5.69 Å². The Morgan fingerprint density at radius 1 is 1.13 bits per heavy atom. The van der Waals surface area contributed by atoms with Crippen molar-refractivity contribution in [1.29, 1.82) is 0 Å². The monoisotopic (exact) mass is 330 g/mol. The van der Waals surface area contributed by atoms with Gasteiger partial charge in [0.1, 0.15) is 6.54 Å². The number of aryl methyl sites for hydroxylation is 1. The van der Waals surface area contributed by atoms with Gasteiger partial charge in [-0.05, 0) is 19.1 Å². The van der Waals surface area contributed by atoms with E-state index >= 15 is 0 Å². The van der Waals surface area contributed by atoms with Gasteiger partial charge in [-0.1, -0.05) is 42.0 Å². The molecule has 0 spiro atoms. The molecule has 2 aromatic rings. The first-order valence-corrected chi connectivity index (χ1v) is 7.42. The van der Waals surface area contributed by atoms with E-state index in [9.17, 15) is 4.79 Å². The van der Waals surface area contributed by atoms with Gasteiger partial charge in [-0.3, -0.25) is 14.9 Å². The lowest BCUT2D eigenvalue weighted by atomic mass is 9.98. The third-order valence-electron chi connectivity index (χ3n) is 3.56. The van der Waals surface area contributed by atoms with Crippen LogP contribution < -0.4 is 16.2 Å². The molecule has 6 heteroatoms. The molecular weight excluding hydrogens is 308 g/mol. The molecule has 5 N–H and O–H groups in total. The van der Waals surface area contributed by atoms with Gasteiger partial charge in [-0.2, -0.15) is 0 Å². The number of benzene rings is 2. The quantitative estimate of drug-likeness (QED) is 0.702. The summed E-state index contributed by atoms with van der Waals surface area (Å²) in [5.41, 5.74) is 5.03. The van der Waals surface area contributed by atoms with Crippen LogP contribution >= 0.6 is 12.8 Å². The molecule has 0 saturated carbocycles. The van der Waals surface area contributed by atoms with Crippen LogP contribution in [0.2, 0.25) is 0 Å². The third kappa shape index (κ3) is 3.98. The highest BCUT2D eigenvalue weighted by Gasteiger charge is 2.22. The highest BCUT2D eigenvalue weighted by molar-refractivity contribution is 7.77. The third-order valence-corrected chi connectivity index (χ3v) is 3.56. The number of hydrogen-bond acceptors (Lipinski definition) is 5. The number of amides is 1. The Labute approximate surface area is 142 Å². The zero-order valence-corrected chi connectivity index (χ0v) is 14.3. The molecule has 0 aromatic heterocycles. The van der Waals surface area contributed by atoms with Crippen LogP contribution in [-0.2, 0) is 4.79 Å². The molecule has 0 radical (unpaired) electrons. The average molecular weight is 330 g/mol. The summed E-state index contributed by atoms with van der Waals surface area (Å²) in [6.07, 6.45) is 0. The number of hydrogen-bond donors (Lipinski definition) is 3. The lowest BCUT2D eigenvalue weighted by Gasteiger charge is -2.18. The first-order valence-electron chi connectivity index (χ1n) is 6.90. The van der Waals surface area contributed by atoms with Gasteiger partial charge in [0.15, 0.2) is 0 Å². The van der Waals surface area contributed by atoms with E-state index in [2.05, 4.69) is 35.9 Å². The molecule has 3 rings (SSSR count). The van der Waals surface area contributed by atoms with Crippen LogP contribution in [-0.4, -0.2) is 25.2 Å². The highest BCUT2D eigenvalue weighted by atomic mass is 32.1. The minimum atomic E-state index is 0. The van der Waals surface area contributed by atoms with Gasteiger partial charge in [0.05, 0.1) is 11.4 Å². The number of anilines is 1. The lowest BCUT2D eigenvalue weighted by molar-refractivity contribution is -0.116. The van der Waals surface area contributed by atoms with Crippen molar-refractivity contribution in [2.24, 2.45) is 10.1 Å². The number of aliphatic imine (C=N–C) groups is 1. The lowest BCUT2D eigenvalue weighted by Crippen LogP contribution is -2.27. The summed E-state index contributed by atoms with van der Waals surface area (Å²) in [5, 5.41) is 4.19. The van der Waals surface area contributed by atoms with Crippen molar-refractivity contribution in [3.63, 3.8) is 0 Å². The van der Waals surface area contributed by atoms with E-state index in [-0.39, 0.29) is 18.6 Å². The fourth-order valence-corrected chi connectivity index (χ4v) is 2.45. The topological polar surface area (TPSA) is 93.7 Å². The fraction of sp³-hybridized carbons (Fsp3) is 0.176. The molecule has 23 heavy (non-hydrogen) atoms. The van der Waals surface area contributed by atoms with Crippen molar-refractivity contribution in [3.8, 4) is 0 Å². The van der Waals surface area contributed by atoms with E-state index in [0.717, 1.165) is 28.1 Å². The second kappa shape index (κ2) is 8.47. The van der Waals surface area contributed by atoms with Crippen molar-refractivity contribution in [1.82, 2.24) is 6.15 Å². The van der Waals surface area contributed by atoms with E-state index < -0.39 is 0 Å². The SMILES string of the molecule is Cc1ccc2c(c1)C(c1ccccc1)=NCC(=O)N2C.N.NS. The molecule has 1 amide bonds. The minimum Gasteiger partial charge on any atom is -0.344 e. The molecule has 1 aliphatic rings. The summed E-state index contributed by atoms with van der Waals surface area (Å²) in [6.45, 7) is 2.24. The van der Waals surface area contributed by atoms with Crippen molar-refractivity contribution >= 4 is 30.1 Å². The maximum Gasteiger partial charge on any atom is 0.248 e. The van der Waals surface area contributed by atoms with E-state index in [1.54, 1.807) is 11.9 Å². The van der Waals surface area contributed by atoms with Crippen LogP contribution in [0.15, 0.2) is 53.5 Å². The second-order valence-electron chi connectivity index (χ2n) is 5.00. The maximum atomic E-state index is 12.1. The predicted octanol–water partition coefficient (Wildman–Crippen LogP) is 2.76. The molecule has 0 aliphatic carbocycles. The molecule has 2 aromatic carbocycles. The molecule has 0 fully saturated rings. The summed E-state index contributed by atoms with van der Waals surface area (Å²) < 4.78 is 0. The average Bonchev–Trinajstić information content (AvgIpc) is 2.68. The second-order valence-corrected chi connectivity index (χ2v) is 5.00. The van der Waals surface area contributed by atoms with E-state index in [1.165, 1.54) is 0 Å². The van der Waals surface area contributed by atoms with E-state index in [1.807, 2.05) is 42.5 Å². The summed E-state index contributed by atoms with van der Waals surface area (Å²) in [5.74, 6) is 0.0148. The molecule has 5 nitrogen and oxygen atoms in total. The number of thiol groups is 1. The zero-order valence-electron chi connectivity index (χ0n) is 13.4. The summed E-state index contributed by atoms with van der Waals surface area (Å²) >= 11 is 3.03. The van der Waals surface area contributed by atoms with Gasteiger partial charge < -0.3 is 11.1 Å². The Hall–Kier alpha value is -2.15. The Kier molecular flexibility index (Phi) is 6.96. The first-order chi connectivity index (χ1) is 10.7. The van der Waals surface area contributed by atoms with Gasteiger partial charge in [0.25, 0.3) is 0 Å². The molecule has 1 heterocycles. The Balaban J connectivity index is 0.000000849. The van der Waals surface area contributed by atoms with Gasteiger partial charge in [0.2, 0.25) is 5.91 Å².